The van der Waals surface area contributed by atoms with Crippen LogP contribution >= 0.6 is 15.9 Å². The molecule has 0 spiro atoms. The van der Waals surface area contributed by atoms with Crippen LogP contribution in [0, 0.1) is 17.7 Å². The van der Waals surface area contributed by atoms with Crippen molar-refractivity contribution in [3.8, 4) is 5.75 Å². The number of carbonyl (C=O) groups excluding carboxylic acids is 3. The SMILES string of the molecule is O=C(N/N=C\C12c3ccccc3C(c3ccccc31)[C@H]1C(=O)N(c3ccc(F)cc3)C(=O)[C@@H]12)c1cc(Br)ccc1O. The van der Waals surface area contributed by atoms with Crippen LogP contribution in [0.5, 0.6) is 5.75 Å². The van der Waals surface area contributed by atoms with E-state index in [-0.39, 0.29) is 23.1 Å². The maximum absolute atomic E-state index is 14.3. The quantitative estimate of drug-likeness (QED) is 0.187. The molecule has 1 aliphatic heterocycles. The van der Waals surface area contributed by atoms with E-state index in [2.05, 4.69) is 26.5 Å². The summed E-state index contributed by atoms with van der Waals surface area (Å²) in [6, 6.07) is 25.1. The van der Waals surface area contributed by atoms with Crippen LogP contribution in [0.25, 0.3) is 0 Å². The fraction of sp³-hybridized carbons (Fsp3) is 0.125. The molecule has 4 aliphatic rings. The highest BCUT2D eigenvalue weighted by Gasteiger charge is 2.68. The number of benzene rings is 4. The first-order chi connectivity index (χ1) is 19.8. The van der Waals surface area contributed by atoms with Crippen LogP contribution in [0.4, 0.5) is 10.1 Å². The Bertz CT molecular complexity index is 1760. The first-order valence-corrected chi connectivity index (χ1v) is 13.8. The minimum absolute atomic E-state index is 0.0228. The molecule has 41 heavy (non-hydrogen) atoms. The van der Waals surface area contributed by atoms with Crippen molar-refractivity contribution < 1.29 is 23.9 Å². The average Bonchev–Trinajstić information content (AvgIpc) is 3.25. The second-order valence-corrected chi connectivity index (χ2v) is 11.3. The highest BCUT2D eigenvalue weighted by atomic mass is 79.9. The first kappa shape index (κ1) is 25.3. The largest absolute Gasteiger partial charge is 0.507 e. The van der Waals surface area contributed by atoms with Crippen molar-refractivity contribution >= 4 is 45.6 Å². The minimum atomic E-state index is -1.18. The molecule has 0 unspecified atom stereocenters. The third kappa shape index (κ3) is 3.55. The fourth-order valence-electron chi connectivity index (χ4n) is 6.84. The molecule has 2 N–H and O–H groups in total. The summed E-state index contributed by atoms with van der Waals surface area (Å²) >= 11 is 3.30. The van der Waals surface area contributed by atoms with Gasteiger partial charge in [-0.2, -0.15) is 5.10 Å². The zero-order valence-electron chi connectivity index (χ0n) is 21.3. The lowest BCUT2D eigenvalue weighted by Gasteiger charge is -2.52. The van der Waals surface area contributed by atoms with E-state index in [9.17, 15) is 23.9 Å². The van der Waals surface area contributed by atoms with E-state index in [0.717, 1.165) is 27.2 Å². The second kappa shape index (κ2) is 9.21. The van der Waals surface area contributed by atoms with Crippen molar-refractivity contribution in [1.29, 1.82) is 0 Å². The van der Waals surface area contributed by atoms with Crippen molar-refractivity contribution in [2.24, 2.45) is 16.9 Å². The number of carbonyl (C=O) groups is 3. The fourth-order valence-corrected chi connectivity index (χ4v) is 7.20. The smallest absolute Gasteiger partial charge is 0.275 e. The summed E-state index contributed by atoms with van der Waals surface area (Å²) in [5.74, 6) is -4.04. The number of imide groups is 1. The topological polar surface area (TPSA) is 99.1 Å². The van der Waals surface area contributed by atoms with E-state index in [1.165, 1.54) is 36.4 Å². The minimum Gasteiger partial charge on any atom is -0.507 e. The molecular weight excluding hydrogens is 589 g/mol. The maximum atomic E-state index is 14.3. The first-order valence-electron chi connectivity index (χ1n) is 13.0. The van der Waals surface area contributed by atoms with Gasteiger partial charge in [-0.1, -0.05) is 64.5 Å². The van der Waals surface area contributed by atoms with E-state index in [4.69, 9.17) is 0 Å². The van der Waals surface area contributed by atoms with Gasteiger partial charge in [0.15, 0.2) is 0 Å². The summed E-state index contributed by atoms with van der Waals surface area (Å²) in [6.07, 6.45) is 1.55. The Morgan fingerprint density at radius 3 is 2.22 bits per heavy atom. The van der Waals surface area contributed by atoms with Crippen LogP contribution in [-0.4, -0.2) is 29.0 Å². The molecule has 0 saturated carbocycles. The molecule has 0 aromatic heterocycles. The van der Waals surface area contributed by atoms with Crippen LogP contribution in [0.2, 0.25) is 0 Å². The lowest BCUT2D eigenvalue weighted by molar-refractivity contribution is -0.122. The van der Waals surface area contributed by atoms with Gasteiger partial charge in [0.1, 0.15) is 11.6 Å². The lowest BCUT2D eigenvalue weighted by atomic mass is 9.47. The van der Waals surface area contributed by atoms with Gasteiger partial charge < -0.3 is 5.11 Å². The molecule has 1 fully saturated rings. The normalized spacial score (nSPS) is 23.9. The molecule has 0 radical (unpaired) electrons. The summed E-state index contributed by atoms with van der Waals surface area (Å²) in [7, 11) is 0. The Hall–Kier alpha value is -4.63. The van der Waals surface area contributed by atoms with Gasteiger partial charge in [-0.25, -0.2) is 14.7 Å². The molecule has 3 amide bonds. The Morgan fingerprint density at radius 2 is 1.56 bits per heavy atom. The Balaban J connectivity index is 1.40. The number of aromatic hydroxyl groups is 1. The van der Waals surface area contributed by atoms with Crippen LogP contribution in [0.15, 0.2) is 101 Å². The van der Waals surface area contributed by atoms with Crippen LogP contribution in [0.3, 0.4) is 0 Å². The Kier molecular flexibility index (Phi) is 5.69. The van der Waals surface area contributed by atoms with Gasteiger partial charge in [-0.3, -0.25) is 14.4 Å². The highest BCUT2D eigenvalue weighted by Crippen LogP contribution is 2.63. The zero-order valence-corrected chi connectivity index (χ0v) is 22.9. The number of phenolic OH excluding ortho intramolecular Hbond substituents is 1. The summed E-state index contributed by atoms with van der Waals surface area (Å²) in [5.41, 5.74) is 5.13. The summed E-state index contributed by atoms with van der Waals surface area (Å²) in [5, 5.41) is 14.6. The number of amides is 3. The van der Waals surface area contributed by atoms with Gasteiger partial charge in [0.05, 0.1) is 28.5 Å². The van der Waals surface area contributed by atoms with Gasteiger partial charge in [0, 0.05) is 16.6 Å². The number of hydrogen-bond acceptors (Lipinski definition) is 5. The van der Waals surface area contributed by atoms with Crippen LogP contribution in [-0.2, 0) is 15.0 Å². The van der Waals surface area contributed by atoms with Crippen LogP contribution in [0.1, 0.15) is 38.5 Å². The molecule has 202 valence electrons. The molecule has 4 aromatic rings. The van der Waals surface area contributed by atoms with Gasteiger partial charge in [-0.15, -0.1) is 0 Å². The predicted octanol–water partition coefficient (Wildman–Crippen LogP) is 5.26. The monoisotopic (exact) mass is 609 g/mol. The molecule has 9 heteroatoms. The van der Waals surface area contributed by atoms with E-state index >= 15 is 0 Å². The Labute approximate surface area is 242 Å². The standard InChI is InChI=1S/C32H21BrFN3O4/c33-17-9-14-25(38)22(15-17)29(39)36-35-16-32-23-7-3-1-5-20(23)26(21-6-2-4-8-24(21)32)27-28(32)31(41)37(30(27)40)19-12-10-18(34)11-13-19/h1-16,26-28,38H,(H,36,39)/b35-16-/t26?,27-,28-,32?/m1/s1. The van der Waals surface area contributed by atoms with Gasteiger partial charge >= 0.3 is 0 Å². The molecule has 7 nitrogen and oxygen atoms in total. The summed E-state index contributed by atoms with van der Waals surface area (Å²) < 4.78 is 14.3. The summed E-state index contributed by atoms with van der Waals surface area (Å²) in [6.45, 7) is 0. The number of anilines is 1. The van der Waals surface area contributed by atoms with Gasteiger partial charge in [-0.05, 0) is 64.7 Å². The molecular formula is C32H21BrFN3O4. The number of hydrazone groups is 1. The number of nitrogens with one attached hydrogen (secondary N) is 1. The molecule has 3 aliphatic carbocycles. The van der Waals surface area contributed by atoms with E-state index in [0.29, 0.717) is 10.2 Å². The van der Waals surface area contributed by atoms with Crippen molar-refractivity contribution in [2.75, 3.05) is 4.90 Å². The lowest BCUT2D eigenvalue weighted by Crippen LogP contribution is -2.54. The van der Waals surface area contributed by atoms with Crippen molar-refractivity contribution in [3.63, 3.8) is 0 Å². The van der Waals surface area contributed by atoms with Gasteiger partial charge in [0.25, 0.3) is 5.91 Å². The molecule has 2 atom stereocenters. The molecule has 8 rings (SSSR count). The molecule has 4 aromatic carbocycles. The van der Waals surface area contributed by atoms with Gasteiger partial charge in [0.2, 0.25) is 11.8 Å². The molecule has 1 heterocycles. The third-order valence-corrected chi connectivity index (χ3v) is 8.90. The number of hydrogen-bond donors (Lipinski definition) is 2. The van der Waals surface area contributed by atoms with E-state index in [1.54, 1.807) is 12.3 Å². The molecule has 1 saturated heterocycles. The number of halogens is 2. The number of phenols is 1. The zero-order chi connectivity index (χ0) is 28.5. The average molecular weight is 610 g/mol. The van der Waals surface area contributed by atoms with E-state index in [1.807, 2.05) is 48.5 Å². The number of nitrogens with zero attached hydrogens (tertiary/aromatic N) is 2. The van der Waals surface area contributed by atoms with Crippen molar-refractivity contribution in [2.45, 2.75) is 11.3 Å². The predicted molar refractivity (Wildman–Crippen MR) is 153 cm³/mol. The van der Waals surface area contributed by atoms with Crippen molar-refractivity contribution in [1.82, 2.24) is 5.43 Å². The Morgan fingerprint density at radius 1 is 0.927 bits per heavy atom. The number of rotatable bonds is 4. The third-order valence-electron chi connectivity index (χ3n) is 8.41. The second-order valence-electron chi connectivity index (χ2n) is 10.4. The maximum Gasteiger partial charge on any atom is 0.275 e. The molecule has 2 bridgehead atoms. The van der Waals surface area contributed by atoms with E-state index < -0.39 is 34.9 Å². The summed E-state index contributed by atoms with van der Waals surface area (Å²) in [4.78, 5) is 42.5. The highest BCUT2D eigenvalue weighted by molar-refractivity contribution is 9.10. The van der Waals surface area contributed by atoms with Crippen LogP contribution < -0.4 is 10.3 Å². The van der Waals surface area contributed by atoms with Crippen molar-refractivity contribution in [3.05, 3.63) is 129 Å².